The van der Waals surface area contributed by atoms with Crippen LogP contribution in [0.2, 0.25) is 0 Å². The van der Waals surface area contributed by atoms with Gasteiger partial charge in [-0.1, -0.05) is 25.5 Å². The SMILES string of the molecule is CCCCNC(C)c1ccc(OC2CCCC2)cc1. The number of nitrogens with one attached hydrogen (secondary N) is 1. The minimum absolute atomic E-state index is 0.423. The van der Waals surface area contributed by atoms with Crippen LogP contribution in [0.4, 0.5) is 0 Å². The van der Waals surface area contributed by atoms with Gasteiger partial charge in [0.2, 0.25) is 0 Å². The maximum atomic E-state index is 5.99. The Morgan fingerprint density at radius 2 is 1.89 bits per heavy atom. The van der Waals surface area contributed by atoms with Gasteiger partial charge < -0.3 is 10.1 Å². The molecule has 2 heteroatoms. The van der Waals surface area contributed by atoms with Gasteiger partial charge in [0.25, 0.3) is 0 Å². The van der Waals surface area contributed by atoms with Crippen molar-refractivity contribution in [3.8, 4) is 5.75 Å². The molecule has 106 valence electrons. The Morgan fingerprint density at radius 1 is 1.21 bits per heavy atom. The van der Waals surface area contributed by atoms with Gasteiger partial charge in [-0.3, -0.25) is 0 Å². The first-order valence-electron chi connectivity index (χ1n) is 7.79. The van der Waals surface area contributed by atoms with Gasteiger partial charge in [0.1, 0.15) is 5.75 Å². The van der Waals surface area contributed by atoms with Crippen LogP contribution in [0.15, 0.2) is 24.3 Å². The predicted molar refractivity (Wildman–Crippen MR) is 80.7 cm³/mol. The second-order valence-corrected chi connectivity index (χ2v) is 5.62. The van der Waals surface area contributed by atoms with E-state index in [0.29, 0.717) is 12.1 Å². The molecule has 1 atom stereocenters. The lowest BCUT2D eigenvalue weighted by Gasteiger charge is -2.16. The Labute approximate surface area is 117 Å². The molecule has 2 nitrogen and oxygen atoms in total. The molecule has 0 amide bonds. The third-order valence-corrected chi connectivity index (χ3v) is 3.97. The number of rotatable bonds is 7. The van der Waals surface area contributed by atoms with E-state index in [2.05, 4.69) is 43.4 Å². The van der Waals surface area contributed by atoms with E-state index in [1.165, 1.54) is 44.1 Å². The molecule has 0 spiro atoms. The molecule has 1 aromatic rings. The second kappa shape index (κ2) is 7.54. The van der Waals surface area contributed by atoms with Crippen molar-refractivity contribution in [2.45, 2.75) is 64.5 Å². The van der Waals surface area contributed by atoms with Gasteiger partial charge in [-0.15, -0.1) is 0 Å². The van der Waals surface area contributed by atoms with Crippen LogP contribution in [0.1, 0.15) is 64.0 Å². The largest absolute Gasteiger partial charge is 0.490 e. The molecule has 2 rings (SSSR count). The van der Waals surface area contributed by atoms with Crippen molar-refractivity contribution < 1.29 is 4.74 Å². The van der Waals surface area contributed by atoms with Crippen LogP contribution in [0.25, 0.3) is 0 Å². The van der Waals surface area contributed by atoms with Crippen molar-refractivity contribution in [3.05, 3.63) is 29.8 Å². The Balaban J connectivity index is 1.82. The highest BCUT2D eigenvalue weighted by atomic mass is 16.5. The molecule has 1 aromatic carbocycles. The Kier molecular flexibility index (Phi) is 5.71. The monoisotopic (exact) mass is 261 g/mol. The minimum Gasteiger partial charge on any atom is -0.490 e. The normalized spacial score (nSPS) is 17.6. The maximum Gasteiger partial charge on any atom is 0.119 e. The molecule has 1 aliphatic rings. The smallest absolute Gasteiger partial charge is 0.119 e. The predicted octanol–water partition coefficient (Wildman–Crippen LogP) is 4.46. The Bertz CT molecular complexity index is 354. The third-order valence-electron chi connectivity index (χ3n) is 3.97. The fourth-order valence-electron chi connectivity index (χ4n) is 2.65. The van der Waals surface area contributed by atoms with Crippen LogP contribution in [0.3, 0.4) is 0 Å². The summed E-state index contributed by atoms with van der Waals surface area (Å²) in [5.41, 5.74) is 1.34. The van der Waals surface area contributed by atoms with Crippen molar-refractivity contribution in [1.29, 1.82) is 0 Å². The highest BCUT2D eigenvalue weighted by Crippen LogP contribution is 2.25. The zero-order chi connectivity index (χ0) is 13.5. The second-order valence-electron chi connectivity index (χ2n) is 5.62. The van der Waals surface area contributed by atoms with E-state index >= 15 is 0 Å². The van der Waals surface area contributed by atoms with Crippen LogP contribution in [0.5, 0.6) is 5.75 Å². The van der Waals surface area contributed by atoms with Crippen LogP contribution in [-0.4, -0.2) is 12.6 Å². The summed E-state index contributed by atoms with van der Waals surface area (Å²) in [6, 6.07) is 9.03. The number of hydrogen-bond acceptors (Lipinski definition) is 2. The first-order valence-corrected chi connectivity index (χ1v) is 7.79. The van der Waals surface area contributed by atoms with E-state index in [1.54, 1.807) is 0 Å². The molecular weight excluding hydrogens is 234 g/mol. The molecule has 1 unspecified atom stereocenters. The molecule has 1 N–H and O–H groups in total. The summed E-state index contributed by atoms with van der Waals surface area (Å²) in [7, 11) is 0. The molecule has 0 heterocycles. The van der Waals surface area contributed by atoms with Gasteiger partial charge in [-0.05, 0) is 63.3 Å². The van der Waals surface area contributed by atoms with Gasteiger partial charge in [-0.25, -0.2) is 0 Å². The zero-order valence-electron chi connectivity index (χ0n) is 12.3. The molecule has 1 aliphatic carbocycles. The molecule has 0 bridgehead atoms. The first kappa shape index (κ1) is 14.4. The van der Waals surface area contributed by atoms with Crippen molar-refractivity contribution >= 4 is 0 Å². The van der Waals surface area contributed by atoms with E-state index in [0.717, 1.165) is 12.3 Å². The Morgan fingerprint density at radius 3 is 2.53 bits per heavy atom. The highest BCUT2D eigenvalue weighted by Gasteiger charge is 2.16. The summed E-state index contributed by atoms with van der Waals surface area (Å²) in [4.78, 5) is 0. The van der Waals surface area contributed by atoms with E-state index in [1.807, 2.05) is 0 Å². The topological polar surface area (TPSA) is 21.3 Å². The van der Waals surface area contributed by atoms with Crippen LogP contribution < -0.4 is 10.1 Å². The summed E-state index contributed by atoms with van der Waals surface area (Å²) < 4.78 is 5.99. The summed E-state index contributed by atoms with van der Waals surface area (Å²) in [6.07, 6.45) is 8.02. The molecule has 1 saturated carbocycles. The van der Waals surface area contributed by atoms with E-state index in [-0.39, 0.29) is 0 Å². The lowest BCUT2D eigenvalue weighted by atomic mass is 10.1. The van der Waals surface area contributed by atoms with Crippen molar-refractivity contribution in [2.75, 3.05) is 6.54 Å². The quantitative estimate of drug-likeness (QED) is 0.732. The zero-order valence-corrected chi connectivity index (χ0v) is 12.3. The minimum atomic E-state index is 0.423. The fourth-order valence-corrected chi connectivity index (χ4v) is 2.65. The van der Waals surface area contributed by atoms with Gasteiger partial charge >= 0.3 is 0 Å². The van der Waals surface area contributed by atoms with E-state index in [9.17, 15) is 0 Å². The van der Waals surface area contributed by atoms with E-state index < -0.39 is 0 Å². The van der Waals surface area contributed by atoms with Crippen LogP contribution >= 0.6 is 0 Å². The number of benzene rings is 1. The number of hydrogen-bond donors (Lipinski definition) is 1. The molecule has 0 aliphatic heterocycles. The van der Waals surface area contributed by atoms with Crippen molar-refractivity contribution in [3.63, 3.8) is 0 Å². The number of ether oxygens (including phenoxy) is 1. The summed E-state index contributed by atoms with van der Waals surface area (Å²) in [6.45, 7) is 5.54. The molecule has 0 aromatic heterocycles. The average molecular weight is 261 g/mol. The molecule has 1 fully saturated rings. The van der Waals surface area contributed by atoms with Crippen LogP contribution in [-0.2, 0) is 0 Å². The van der Waals surface area contributed by atoms with Crippen molar-refractivity contribution in [2.24, 2.45) is 0 Å². The summed E-state index contributed by atoms with van der Waals surface area (Å²) in [5.74, 6) is 1.02. The summed E-state index contributed by atoms with van der Waals surface area (Å²) >= 11 is 0. The van der Waals surface area contributed by atoms with Gasteiger partial charge in [0, 0.05) is 6.04 Å². The average Bonchev–Trinajstić information content (AvgIpc) is 2.93. The summed E-state index contributed by atoms with van der Waals surface area (Å²) in [5, 5.41) is 3.55. The van der Waals surface area contributed by atoms with Crippen molar-refractivity contribution in [1.82, 2.24) is 5.32 Å². The molecule has 0 radical (unpaired) electrons. The standard InChI is InChI=1S/C17H27NO/c1-3-4-13-18-14(2)15-9-11-17(12-10-15)19-16-7-5-6-8-16/h9-12,14,16,18H,3-8,13H2,1-2H3. The number of unbranched alkanes of at least 4 members (excludes halogenated alkanes) is 1. The molecule has 19 heavy (non-hydrogen) atoms. The maximum absolute atomic E-state index is 5.99. The lowest BCUT2D eigenvalue weighted by Crippen LogP contribution is -2.19. The first-order chi connectivity index (χ1) is 9.29. The fraction of sp³-hybridized carbons (Fsp3) is 0.647. The lowest BCUT2D eigenvalue weighted by molar-refractivity contribution is 0.210. The molecule has 0 saturated heterocycles. The highest BCUT2D eigenvalue weighted by molar-refractivity contribution is 5.29. The van der Waals surface area contributed by atoms with Crippen LogP contribution in [0, 0.1) is 0 Å². The van der Waals surface area contributed by atoms with Gasteiger partial charge in [0.05, 0.1) is 6.10 Å². The Hall–Kier alpha value is -1.02. The molecular formula is C17H27NO. The van der Waals surface area contributed by atoms with E-state index in [4.69, 9.17) is 4.74 Å². The van der Waals surface area contributed by atoms with Gasteiger partial charge in [-0.2, -0.15) is 0 Å². The van der Waals surface area contributed by atoms with Gasteiger partial charge in [0.15, 0.2) is 0 Å². The third kappa shape index (κ3) is 4.54.